The van der Waals surface area contributed by atoms with Gasteiger partial charge in [-0.25, -0.2) is 4.98 Å². The molecule has 4 nitrogen and oxygen atoms in total. The number of thiazole rings is 1. The normalized spacial score (nSPS) is 11.8. The van der Waals surface area contributed by atoms with Gasteiger partial charge < -0.3 is 14.4 Å². The molecule has 265 valence electrons. The molecule has 0 atom stereocenters. The summed E-state index contributed by atoms with van der Waals surface area (Å²) in [5, 5.41) is 3.33. The van der Waals surface area contributed by atoms with E-state index < -0.39 is 0 Å². The molecule has 0 saturated carbocycles. The van der Waals surface area contributed by atoms with E-state index in [4.69, 9.17) is 14.4 Å². The van der Waals surface area contributed by atoms with Crippen LogP contribution in [0.25, 0.3) is 65.8 Å². The van der Waals surface area contributed by atoms with Crippen LogP contribution in [0.1, 0.15) is 68.8 Å². The summed E-state index contributed by atoms with van der Waals surface area (Å²) < 4.78 is 7.70. The number of nitrogens with zero attached hydrogens (tertiary/aromatic N) is 3. The third-order valence-electron chi connectivity index (χ3n) is 9.20. The molecule has 0 aliphatic heterocycles. The van der Waals surface area contributed by atoms with Gasteiger partial charge in [-0.3, -0.25) is 0 Å². The predicted octanol–water partition coefficient (Wildman–Crippen LogP) is 12.8. The van der Waals surface area contributed by atoms with Crippen LogP contribution in [0.3, 0.4) is 0 Å². The van der Waals surface area contributed by atoms with Crippen LogP contribution in [0, 0.1) is 32.9 Å². The van der Waals surface area contributed by atoms with Gasteiger partial charge in [-0.1, -0.05) is 88.9 Å². The molecule has 0 fully saturated rings. The average Bonchev–Trinajstić information content (AvgIpc) is 3.69. The second-order valence-corrected chi connectivity index (χ2v) is 16.4. The number of fused-ring (bicyclic) bond motifs is 4. The van der Waals surface area contributed by atoms with Crippen molar-refractivity contribution in [2.45, 2.75) is 73.1 Å². The Kier molecular flexibility index (Phi) is 10.4. The van der Waals surface area contributed by atoms with Crippen LogP contribution in [0.5, 0.6) is 0 Å². The first-order chi connectivity index (χ1) is 24.3. The van der Waals surface area contributed by atoms with Gasteiger partial charge in [-0.2, -0.15) is 0 Å². The Balaban J connectivity index is 0.000000279. The average molecular weight is 878 g/mol. The maximum Gasteiger partial charge on any atom is 0.123 e. The van der Waals surface area contributed by atoms with Crippen molar-refractivity contribution in [2.75, 3.05) is 0 Å². The van der Waals surface area contributed by atoms with E-state index in [0.717, 1.165) is 55.0 Å². The van der Waals surface area contributed by atoms with Gasteiger partial charge in [-0.05, 0) is 71.5 Å². The minimum absolute atomic E-state index is 0. The first kappa shape index (κ1) is 37.3. The molecule has 4 heterocycles. The number of benzene rings is 4. The largest absolute Gasteiger partial charge is 0.501 e. The van der Waals surface area contributed by atoms with Gasteiger partial charge >= 0.3 is 0 Å². The van der Waals surface area contributed by atoms with Gasteiger partial charge in [0, 0.05) is 54.9 Å². The second kappa shape index (κ2) is 14.5. The van der Waals surface area contributed by atoms with Crippen molar-refractivity contribution in [2.24, 2.45) is 0 Å². The maximum absolute atomic E-state index is 6.51. The minimum atomic E-state index is -0.0652. The molecule has 8 rings (SSSR count). The van der Waals surface area contributed by atoms with E-state index in [1.165, 1.54) is 38.1 Å². The molecule has 0 unspecified atom stereocenters. The Morgan fingerprint density at radius 2 is 1.44 bits per heavy atom. The summed E-state index contributed by atoms with van der Waals surface area (Å²) in [6.45, 7) is 19.8. The summed E-state index contributed by atoms with van der Waals surface area (Å²) >= 11 is 1.77. The second-order valence-electron chi connectivity index (χ2n) is 15.4. The number of hydrogen-bond donors (Lipinski definition) is 0. The zero-order chi connectivity index (χ0) is 36.1. The van der Waals surface area contributed by atoms with E-state index in [-0.39, 0.29) is 30.9 Å². The molecule has 52 heavy (non-hydrogen) atoms. The number of furan rings is 1. The number of rotatable bonds is 3. The molecule has 0 amide bonds. The zero-order valence-electron chi connectivity index (χ0n) is 31.2. The minimum Gasteiger partial charge on any atom is -0.501 e. The number of aryl methyl sites for hydroxylation is 3. The fourth-order valence-electron chi connectivity index (χ4n) is 6.50. The maximum atomic E-state index is 6.51. The van der Waals surface area contributed by atoms with Crippen LogP contribution in [0.15, 0.2) is 102 Å². The van der Waals surface area contributed by atoms with Crippen LogP contribution in [0.4, 0.5) is 0 Å². The summed E-state index contributed by atoms with van der Waals surface area (Å²) in [7, 11) is 0. The van der Waals surface area contributed by atoms with E-state index in [1.807, 2.05) is 55.7 Å². The van der Waals surface area contributed by atoms with Gasteiger partial charge in [0.25, 0.3) is 0 Å². The van der Waals surface area contributed by atoms with Crippen molar-refractivity contribution >= 4 is 43.5 Å². The Morgan fingerprint density at radius 1 is 0.692 bits per heavy atom. The molecule has 0 N–H and O–H groups in total. The van der Waals surface area contributed by atoms with Crippen LogP contribution in [-0.4, -0.2) is 15.0 Å². The molecule has 0 spiro atoms. The van der Waals surface area contributed by atoms with E-state index in [0.29, 0.717) is 0 Å². The molecule has 0 saturated heterocycles. The Labute approximate surface area is 324 Å². The van der Waals surface area contributed by atoms with Crippen LogP contribution in [-0.2, 0) is 30.9 Å². The molecular weight excluding hydrogens is 835 g/mol. The molecule has 4 aromatic carbocycles. The van der Waals surface area contributed by atoms with Gasteiger partial charge in [0.05, 0.1) is 20.8 Å². The first-order valence-electron chi connectivity index (χ1n) is 17.4. The number of hydrogen-bond acceptors (Lipinski definition) is 5. The van der Waals surface area contributed by atoms with E-state index in [2.05, 4.69) is 121 Å². The molecule has 4 aromatic heterocycles. The van der Waals surface area contributed by atoms with Crippen molar-refractivity contribution < 1.29 is 24.5 Å². The molecule has 0 aliphatic carbocycles. The van der Waals surface area contributed by atoms with Gasteiger partial charge in [-0.15, -0.1) is 65.4 Å². The SMILES string of the molecule is Cc1ccc(-c2[c-]cccc2)nc1.Cc1cccc(C)c1-c1cnc(-c2[c-]ccc3c2oc2cc4nc(C(C)(C)C)sc4cc23)cc1C(C)(C)C.[Ir]. The fourth-order valence-corrected chi connectivity index (χ4v) is 7.55. The van der Waals surface area contributed by atoms with E-state index in [9.17, 15) is 0 Å². The van der Waals surface area contributed by atoms with E-state index in [1.54, 1.807) is 11.3 Å². The standard InChI is InChI=1S/C34H33N2OS.C12H10N.Ir/c1-19-11-9-12-20(2)30(19)24-18-35-26(16-25(24)33(3,4)5)22-14-10-13-21-23-15-29-27(17-28(23)37-31(21)22)36-32(38-29)34(6,7)8;1-10-7-8-12(13-9-10)11-5-3-2-4-6-11;/h9-13,15-18H,1-8H3;2-5,7-9H,1H3;/q2*-1;. The molecule has 8 aromatic rings. The van der Waals surface area contributed by atoms with Crippen molar-refractivity contribution in [3.05, 3.63) is 137 Å². The monoisotopic (exact) mass is 878 g/mol. The third kappa shape index (κ3) is 7.39. The topological polar surface area (TPSA) is 51.8 Å². The first-order valence-corrected chi connectivity index (χ1v) is 18.2. The zero-order valence-corrected chi connectivity index (χ0v) is 34.4. The summed E-state index contributed by atoms with van der Waals surface area (Å²) in [5.74, 6) is 0. The van der Waals surface area contributed by atoms with Crippen molar-refractivity contribution in [3.63, 3.8) is 0 Å². The Morgan fingerprint density at radius 3 is 2.10 bits per heavy atom. The smallest absolute Gasteiger partial charge is 0.123 e. The quantitative estimate of drug-likeness (QED) is 0.166. The predicted molar refractivity (Wildman–Crippen MR) is 215 cm³/mol. The number of aromatic nitrogens is 3. The summed E-state index contributed by atoms with van der Waals surface area (Å²) in [5.41, 5.74) is 13.8. The van der Waals surface area contributed by atoms with Crippen LogP contribution >= 0.6 is 11.3 Å². The molecular formula is C46H43IrN3OS-2. The Bertz CT molecular complexity index is 2500. The van der Waals surface area contributed by atoms with Gasteiger partial charge in [0.2, 0.25) is 0 Å². The van der Waals surface area contributed by atoms with Crippen molar-refractivity contribution in [1.29, 1.82) is 0 Å². The fraction of sp³-hybridized carbons (Fsp3) is 0.239. The van der Waals surface area contributed by atoms with Gasteiger partial charge in [0.15, 0.2) is 0 Å². The summed E-state index contributed by atoms with van der Waals surface area (Å²) in [6, 6.07) is 35.6. The van der Waals surface area contributed by atoms with Crippen molar-refractivity contribution in [1.82, 2.24) is 15.0 Å². The molecule has 6 heteroatoms. The molecule has 1 radical (unpaired) electrons. The molecule has 0 bridgehead atoms. The van der Waals surface area contributed by atoms with Crippen molar-refractivity contribution in [3.8, 4) is 33.6 Å². The van der Waals surface area contributed by atoms with E-state index >= 15 is 0 Å². The third-order valence-corrected chi connectivity index (χ3v) is 10.6. The Hall–Kier alpha value is -4.48. The summed E-state index contributed by atoms with van der Waals surface area (Å²) in [4.78, 5) is 14.2. The van der Waals surface area contributed by atoms with Crippen LogP contribution in [0.2, 0.25) is 0 Å². The van der Waals surface area contributed by atoms with Gasteiger partial charge in [0.1, 0.15) is 5.58 Å². The number of pyridine rings is 2. The van der Waals surface area contributed by atoms with Crippen LogP contribution < -0.4 is 0 Å². The molecule has 0 aliphatic rings. The summed E-state index contributed by atoms with van der Waals surface area (Å²) in [6.07, 6.45) is 3.91.